The molecule has 3 nitrogen and oxygen atoms in total. The molecule has 1 heterocycles. The SMILES string of the molecule is CCCC(C)COc1ncnc2ccccc12. The molecule has 0 fully saturated rings. The van der Waals surface area contributed by atoms with E-state index in [2.05, 4.69) is 23.8 Å². The Morgan fingerprint density at radius 2 is 2.06 bits per heavy atom. The standard InChI is InChI=1S/C14H18N2O/c1-3-6-11(2)9-17-14-12-7-4-5-8-13(12)15-10-16-14/h4-5,7-8,10-11H,3,6,9H2,1-2H3. The second-order valence-electron chi connectivity index (χ2n) is 4.40. The average molecular weight is 230 g/mol. The van der Waals surface area contributed by atoms with Gasteiger partial charge in [-0.25, -0.2) is 9.97 Å². The highest BCUT2D eigenvalue weighted by molar-refractivity contribution is 5.82. The van der Waals surface area contributed by atoms with Crippen molar-refractivity contribution in [3.63, 3.8) is 0 Å². The molecule has 0 saturated heterocycles. The summed E-state index contributed by atoms with van der Waals surface area (Å²) in [6.07, 6.45) is 3.93. The van der Waals surface area contributed by atoms with Gasteiger partial charge in [0.25, 0.3) is 0 Å². The fourth-order valence-electron chi connectivity index (χ4n) is 1.89. The van der Waals surface area contributed by atoms with Gasteiger partial charge in [0.05, 0.1) is 17.5 Å². The molecule has 0 aliphatic rings. The normalized spacial score (nSPS) is 12.6. The molecule has 2 rings (SSSR count). The van der Waals surface area contributed by atoms with Crippen LogP contribution in [0.4, 0.5) is 0 Å². The summed E-state index contributed by atoms with van der Waals surface area (Å²) >= 11 is 0. The maximum atomic E-state index is 5.78. The van der Waals surface area contributed by atoms with E-state index >= 15 is 0 Å². The predicted octanol–water partition coefficient (Wildman–Crippen LogP) is 3.44. The Morgan fingerprint density at radius 1 is 1.24 bits per heavy atom. The Morgan fingerprint density at radius 3 is 2.88 bits per heavy atom. The van der Waals surface area contributed by atoms with Crippen LogP contribution in [0.5, 0.6) is 5.88 Å². The van der Waals surface area contributed by atoms with E-state index in [4.69, 9.17) is 4.74 Å². The molecule has 3 heteroatoms. The maximum absolute atomic E-state index is 5.78. The third-order valence-electron chi connectivity index (χ3n) is 2.79. The molecule has 1 unspecified atom stereocenters. The van der Waals surface area contributed by atoms with Gasteiger partial charge in [-0.2, -0.15) is 0 Å². The van der Waals surface area contributed by atoms with Gasteiger partial charge in [0, 0.05) is 0 Å². The van der Waals surface area contributed by atoms with Crippen molar-refractivity contribution >= 4 is 10.9 Å². The van der Waals surface area contributed by atoms with Gasteiger partial charge in [-0.1, -0.05) is 32.4 Å². The number of benzene rings is 1. The van der Waals surface area contributed by atoms with Gasteiger partial charge in [-0.15, -0.1) is 0 Å². The van der Waals surface area contributed by atoms with Crippen molar-refractivity contribution < 1.29 is 4.74 Å². The van der Waals surface area contributed by atoms with Crippen molar-refractivity contribution in [1.82, 2.24) is 9.97 Å². The number of aromatic nitrogens is 2. The molecule has 0 amide bonds. The summed E-state index contributed by atoms with van der Waals surface area (Å²) in [7, 11) is 0. The summed E-state index contributed by atoms with van der Waals surface area (Å²) in [4.78, 5) is 8.42. The minimum Gasteiger partial charge on any atom is -0.477 e. The zero-order valence-electron chi connectivity index (χ0n) is 10.4. The van der Waals surface area contributed by atoms with Crippen molar-refractivity contribution in [2.45, 2.75) is 26.7 Å². The first-order chi connectivity index (χ1) is 8.31. The van der Waals surface area contributed by atoms with Crippen LogP contribution in [0.25, 0.3) is 10.9 Å². The van der Waals surface area contributed by atoms with Gasteiger partial charge in [0.2, 0.25) is 5.88 Å². The molecule has 0 radical (unpaired) electrons. The first-order valence-electron chi connectivity index (χ1n) is 6.13. The lowest BCUT2D eigenvalue weighted by atomic mass is 10.1. The Labute approximate surface area is 102 Å². The average Bonchev–Trinajstić information content (AvgIpc) is 2.36. The van der Waals surface area contributed by atoms with E-state index in [1.165, 1.54) is 12.8 Å². The lowest BCUT2D eigenvalue weighted by Gasteiger charge is -2.12. The highest BCUT2D eigenvalue weighted by atomic mass is 16.5. The Bertz CT molecular complexity index is 479. The minimum atomic E-state index is 0.564. The van der Waals surface area contributed by atoms with E-state index in [9.17, 15) is 0 Å². The summed E-state index contributed by atoms with van der Waals surface area (Å²) in [5, 5.41) is 0.985. The zero-order valence-corrected chi connectivity index (χ0v) is 10.4. The van der Waals surface area contributed by atoms with E-state index in [1.54, 1.807) is 6.33 Å². The van der Waals surface area contributed by atoms with Crippen LogP contribution in [-0.4, -0.2) is 16.6 Å². The lowest BCUT2D eigenvalue weighted by Crippen LogP contribution is -2.09. The molecule has 0 saturated carbocycles. The second kappa shape index (κ2) is 5.62. The number of hydrogen-bond donors (Lipinski definition) is 0. The number of fused-ring (bicyclic) bond motifs is 1. The Kier molecular flexibility index (Phi) is 3.91. The van der Waals surface area contributed by atoms with Crippen LogP contribution in [0.3, 0.4) is 0 Å². The van der Waals surface area contributed by atoms with Crippen LogP contribution in [0.15, 0.2) is 30.6 Å². The number of nitrogens with zero attached hydrogens (tertiary/aromatic N) is 2. The summed E-state index contributed by atoms with van der Waals surface area (Å²) < 4.78 is 5.78. The summed E-state index contributed by atoms with van der Waals surface area (Å²) in [5.41, 5.74) is 0.931. The van der Waals surface area contributed by atoms with Crippen molar-refractivity contribution in [2.75, 3.05) is 6.61 Å². The molecule has 0 bridgehead atoms. The quantitative estimate of drug-likeness (QED) is 0.789. The highest BCUT2D eigenvalue weighted by Gasteiger charge is 2.06. The molecule has 0 aliphatic carbocycles. The summed E-state index contributed by atoms with van der Waals surface area (Å²) in [5.74, 6) is 1.26. The molecule has 0 spiro atoms. The molecule has 0 N–H and O–H groups in total. The minimum absolute atomic E-state index is 0.564. The van der Waals surface area contributed by atoms with Crippen LogP contribution < -0.4 is 4.74 Å². The van der Waals surface area contributed by atoms with Gasteiger partial charge in [0.15, 0.2) is 0 Å². The number of hydrogen-bond acceptors (Lipinski definition) is 3. The van der Waals surface area contributed by atoms with Crippen molar-refractivity contribution in [3.8, 4) is 5.88 Å². The Hall–Kier alpha value is -1.64. The Balaban J connectivity index is 2.13. The fraction of sp³-hybridized carbons (Fsp3) is 0.429. The van der Waals surface area contributed by atoms with E-state index < -0.39 is 0 Å². The van der Waals surface area contributed by atoms with Crippen molar-refractivity contribution in [3.05, 3.63) is 30.6 Å². The van der Waals surface area contributed by atoms with Gasteiger partial charge in [-0.05, 0) is 24.5 Å². The molecule has 90 valence electrons. The highest BCUT2D eigenvalue weighted by Crippen LogP contribution is 2.21. The predicted molar refractivity (Wildman–Crippen MR) is 69.1 cm³/mol. The molecule has 1 atom stereocenters. The second-order valence-corrected chi connectivity index (χ2v) is 4.40. The largest absolute Gasteiger partial charge is 0.477 e. The molecule has 2 aromatic rings. The third kappa shape index (κ3) is 2.93. The third-order valence-corrected chi connectivity index (χ3v) is 2.79. The van der Waals surface area contributed by atoms with Crippen LogP contribution in [0, 0.1) is 5.92 Å². The van der Waals surface area contributed by atoms with E-state index in [1.807, 2.05) is 24.3 Å². The van der Waals surface area contributed by atoms with E-state index in [0.29, 0.717) is 11.8 Å². The molecule has 17 heavy (non-hydrogen) atoms. The first-order valence-corrected chi connectivity index (χ1v) is 6.13. The number of rotatable bonds is 5. The van der Waals surface area contributed by atoms with Gasteiger partial charge in [-0.3, -0.25) is 0 Å². The molecular formula is C14H18N2O. The van der Waals surface area contributed by atoms with E-state index in [0.717, 1.165) is 17.5 Å². The van der Waals surface area contributed by atoms with Crippen LogP contribution in [0.1, 0.15) is 26.7 Å². The first kappa shape index (κ1) is 11.8. The zero-order chi connectivity index (χ0) is 12.1. The van der Waals surface area contributed by atoms with Gasteiger partial charge >= 0.3 is 0 Å². The van der Waals surface area contributed by atoms with Crippen molar-refractivity contribution in [1.29, 1.82) is 0 Å². The van der Waals surface area contributed by atoms with Crippen molar-refractivity contribution in [2.24, 2.45) is 5.92 Å². The molecule has 0 aliphatic heterocycles. The fourth-order valence-corrected chi connectivity index (χ4v) is 1.89. The van der Waals surface area contributed by atoms with Gasteiger partial charge < -0.3 is 4.74 Å². The lowest BCUT2D eigenvalue weighted by molar-refractivity contribution is 0.246. The molecule has 1 aromatic carbocycles. The summed E-state index contributed by atoms with van der Waals surface area (Å²) in [6.45, 7) is 5.11. The topological polar surface area (TPSA) is 35.0 Å². The molecular weight excluding hydrogens is 212 g/mol. The van der Waals surface area contributed by atoms with E-state index in [-0.39, 0.29) is 0 Å². The number of para-hydroxylation sites is 1. The maximum Gasteiger partial charge on any atom is 0.224 e. The number of ether oxygens (including phenoxy) is 1. The van der Waals surface area contributed by atoms with Gasteiger partial charge in [0.1, 0.15) is 6.33 Å². The summed E-state index contributed by atoms with van der Waals surface area (Å²) in [6, 6.07) is 7.92. The monoisotopic (exact) mass is 230 g/mol. The van der Waals surface area contributed by atoms with Crippen LogP contribution in [-0.2, 0) is 0 Å². The molecule has 1 aromatic heterocycles. The van der Waals surface area contributed by atoms with Crippen LogP contribution in [0.2, 0.25) is 0 Å². The van der Waals surface area contributed by atoms with Crippen LogP contribution >= 0.6 is 0 Å². The smallest absolute Gasteiger partial charge is 0.224 e.